The van der Waals surface area contributed by atoms with Crippen molar-refractivity contribution in [1.29, 1.82) is 0 Å². The number of nitrogens with zero attached hydrogens (tertiary/aromatic N) is 1. The summed E-state index contributed by atoms with van der Waals surface area (Å²) in [4.78, 5) is 39.5. The highest BCUT2D eigenvalue weighted by Gasteiger charge is 2.37. The maximum atomic E-state index is 13.3. The van der Waals surface area contributed by atoms with Crippen LogP contribution in [0, 0.1) is 13.8 Å². The van der Waals surface area contributed by atoms with E-state index < -0.39 is 17.8 Å². The summed E-state index contributed by atoms with van der Waals surface area (Å²) in [6.45, 7) is 6.10. The van der Waals surface area contributed by atoms with Crippen molar-refractivity contribution < 1.29 is 19.1 Å². The van der Waals surface area contributed by atoms with Gasteiger partial charge in [0, 0.05) is 21.5 Å². The van der Waals surface area contributed by atoms with E-state index in [0.29, 0.717) is 35.1 Å². The van der Waals surface area contributed by atoms with Crippen LogP contribution in [0.25, 0.3) is 6.08 Å². The highest BCUT2D eigenvalue weighted by molar-refractivity contribution is 9.10. The fourth-order valence-electron chi connectivity index (χ4n) is 3.93. The van der Waals surface area contributed by atoms with Crippen molar-refractivity contribution >= 4 is 57.1 Å². The van der Waals surface area contributed by atoms with E-state index in [1.54, 1.807) is 24.3 Å². The molecule has 6 nitrogen and oxygen atoms in total. The van der Waals surface area contributed by atoms with Gasteiger partial charge in [-0.3, -0.25) is 14.9 Å². The lowest BCUT2D eigenvalue weighted by molar-refractivity contribution is -0.122. The van der Waals surface area contributed by atoms with Gasteiger partial charge in [-0.2, -0.15) is 0 Å². The first-order chi connectivity index (χ1) is 17.2. The third-order valence-electron chi connectivity index (χ3n) is 5.96. The maximum absolute atomic E-state index is 13.3. The smallest absolute Gasteiger partial charge is 0.335 e. The third kappa shape index (κ3) is 5.22. The number of hydrogen-bond acceptors (Lipinski definition) is 4. The lowest BCUT2D eigenvalue weighted by Gasteiger charge is -2.27. The van der Waals surface area contributed by atoms with E-state index in [2.05, 4.69) is 21.2 Å². The molecule has 0 radical (unpaired) electrons. The summed E-state index contributed by atoms with van der Waals surface area (Å²) in [7, 11) is 0. The molecule has 36 heavy (non-hydrogen) atoms. The summed E-state index contributed by atoms with van der Waals surface area (Å²) >= 11 is 10.2. The van der Waals surface area contributed by atoms with Crippen LogP contribution in [-0.2, 0) is 16.0 Å². The van der Waals surface area contributed by atoms with E-state index >= 15 is 0 Å². The lowest BCUT2D eigenvalue weighted by Crippen LogP contribution is -2.54. The number of carbonyl (C=O) groups excluding carboxylic acids is 3. The van der Waals surface area contributed by atoms with Gasteiger partial charge in [0.05, 0.1) is 12.3 Å². The number of anilines is 1. The van der Waals surface area contributed by atoms with Crippen molar-refractivity contribution in [1.82, 2.24) is 5.32 Å². The minimum atomic E-state index is -0.790. The molecule has 3 aromatic rings. The zero-order chi connectivity index (χ0) is 26.0. The summed E-state index contributed by atoms with van der Waals surface area (Å²) in [5.41, 5.74) is 4.49. The van der Waals surface area contributed by atoms with Crippen molar-refractivity contribution in [3.05, 3.63) is 97.5 Å². The predicted octanol–water partition coefficient (Wildman–Crippen LogP) is 6.38. The highest BCUT2D eigenvalue weighted by Crippen LogP contribution is 2.34. The molecule has 1 aliphatic rings. The average Bonchev–Trinajstić information content (AvgIpc) is 2.82. The van der Waals surface area contributed by atoms with Gasteiger partial charge < -0.3 is 4.74 Å². The summed E-state index contributed by atoms with van der Waals surface area (Å²) in [6.07, 6.45) is 1.95. The number of barbiturate groups is 1. The number of imide groups is 2. The van der Waals surface area contributed by atoms with Gasteiger partial charge in [-0.1, -0.05) is 51.8 Å². The molecule has 1 saturated heterocycles. The number of aryl methyl sites for hydroxylation is 2. The molecule has 4 rings (SSSR count). The van der Waals surface area contributed by atoms with Crippen LogP contribution in [0.3, 0.4) is 0 Å². The Bertz CT molecular complexity index is 1420. The number of halogens is 2. The van der Waals surface area contributed by atoms with Gasteiger partial charge in [0.1, 0.15) is 11.3 Å². The van der Waals surface area contributed by atoms with Crippen molar-refractivity contribution in [2.24, 2.45) is 0 Å². The molecule has 0 atom stereocenters. The van der Waals surface area contributed by atoms with Crippen molar-refractivity contribution in [2.45, 2.75) is 27.2 Å². The highest BCUT2D eigenvalue weighted by atomic mass is 79.9. The second-order valence-corrected chi connectivity index (χ2v) is 9.67. The molecular formula is C28H24BrClN2O4. The molecule has 3 aromatic carbocycles. The Morgan fingerprint density at radius 1 is 1.03 bits per heavy atom. The molecular weight excluding hydrogens is 544 g/mol. The van der Waals surface area contributed by atoms with Gasteiger partial charge in [0.25, 0.3) is 11.8 Å². The Morgan fingerprint density at radius 2 is 1.78 bits per heavy atom. The summed E-state index contributed by atoms with van der Waals surface area (Å²) < 4.78 is 6.82. The van der Waals surface area contributed by atoms with Crippen LogP contribution in [0.15, 0.2) is 64.6 Å². The normalized spacial score (nSPS) is 14.9. The van der Waals surface area contributed by atoms with Gasteiger partial charge >= 0.3 is 6.03 Å². The Balaban J connectivity index is 1.73. The fourth-order valence-corrected chi connectivity index (χ4v) is 4.64. The number of carbonyl (C=O) groups is 3. The molecule has 4 amide bonds. The number of urea groups is 1. The van der Waals surface area contributed by atoms with Crippen molar-refractivity contribution in [3.63, 3.8) is 0 Å². The fraction of sp³-hybridized carbons (Fsp3) is 0.179. The van der Waals surface area contributed by atoms with Crippen LogP contribution in [0.1, 0.15) is 34.7 Å². The number of benzene rings is 3. The molecule has 0 spiro atoms. The number of amides is 4. The molecule has 1 N–H and O–H groups in total. The van der Waals surface area contributed by atoms with Crippen LogP contribution >= 0.6 is 27.5 Å². The Labute approximate surface area is 223 Å². The lowest BCUT2D eigenvalue weighted by atomic mass is 10.00. The molecule has 0 saturated carbocycles. The molecule has 0 aromatic heterocycles. The second-order valence-electron chi connectivity index (χ2n) is 8.41. The first kappa shape index (κ1) is 25.7. The Morgan fingerprint density at radius 3 is 2.47 bits per heavy atom. The van der Waals surface area contributed by atoms with E-state index in [9.17, 15) is 14.4 Å². The van der Waals surface area contributed by atoms with E-state index in [-0.39, 0.29) is 5.57 Å². The summed E-state index contributed by atoms with van der Waals surface area (Å²) in [5, 5.41) is 2.70. The minimum absolute atomic E-state index is 0.176. The maximum Gasteiger partial charge on any atom is 0.335 e. The standard InChI is InChI=1S/C28H24BrClN2O4/c1-4-36-25-14-18(13-24(30)21(25)15-19-7-5-6-8-23(19)29)12-22-26(33)31-28(35)32(27(22)34)20-10-9-16(2)17(3)11-20/h5-14H,4,15H2,1-3H3,(H,31,33,35)/b22-12+. The monoisotopic (exact) mass is 566 g/mol. The van der Waals surface area contributed by atoms with Gasteiger partial charge in [-0.05, 0) is 79.4 Å². The zero-order valence-corrected chi connectivity index (χ0v) is 22.4. The van der Waals surface area contributed by atoms with Crippen molar-refractivity contribution in [3.8, 4) is 5.75 Å². The third-order valence-corrected chi connectivity index (χ3v) is 7.07. The number of nitrogens with one attached hydrogen (secondary N) is 1. The molecule has 0 aliphatic carbocycles. The van der Waals surface area contributed by atoms with Gasteiger partial charge in [-0.25, -0.2) is 9.69 Å². The molecule has 0 bridgehead atoms. The topological polar surface area (TPSA) is 75.7 Å². The SMILES string of the molecule is CCOc1cc(/C=C2\C(=O)NC(=O)N(c3ccc(C)c(C)c3)C2=O)cc(Cl)c1Cc1ccccc1Br. The first-order valence-corrected chi connectivity index (χ1v) is 12.5. The van der Waals surface area contributed by atoms with Crippen LogP contribution in [0.4, 0.5) is 10.5 Å². The van der Waals surface area contributed by atoms with E-state index in [1.165, 1.54) is 6.08 Å². The number of ether oxygens (including phenoxy) is 1. The largest absolute Gasteiger partial charge is 0.494 e. The van der Waals surface area contributed by atoms with Crippen molar-refractivity contribution in [2.75, 3.05) is 11.5 Å². The van der Waals surface area contributed by atoms with Gasteiger partial charge in [-0.15, -0.1) is 0 Å². The second kappa shape index (κ2) is 10.7. The van der Waals surface area contributed by atoms with Gasteiger partial charge in [0.2, 0.25) is 0 Å². The van der Waals surface area contributed by atoms with E-state index in [4.69, 9.17) is 16.3 Å². The molecule has 8 heteroatoms. The minimum Gasteiger partial charge on any atom is -0.494 e. The van der Waals surface area contributed by atoms with Crippen LogP contribution in [0.2, 0.25) is 5.02 Å². The van der Waals surface area contributed by atoms with E-state index in [1.807, 2.05) is 51.1 Å². The molecule has 0 unspecified atom stereocenters. The van der Waals surface area contributed by atoms with Gasteiger partial charge in [0.15, 0.2) is 0 Å². The van der Waals surface area contributed by atoms with Crippen LogP contribution < -0.4 is 15.0 Å². The molecule has 184 valence electrons. The number of hydrogen-bond donors (Lipinski definition) is 1. The predicted molar refractivity (Wildman–Crippen MR) is 144 cm³/mol. The Hall–Kier alpha value is -3.42. The Kier molecular flexibility index (Phi) is 7.62. The molecule has 1 aliphatic heterocycles. The summed E-state index contributed by atoms with van der Waals surface area (Å²) in [5.74, 6) is -0.923. The first-order valence-electron chi connectivity index (χ1n) is 11.4. The van der Waals surface area contributed by atoms with E-state index in [0.717, 1.165) is 31.6 Å². The summed E-state index contributed by atoms with van der Waals surface area (Å²) in [6, 6.07) is 15.7. The number of rotatable bonds is 6. The molecule has 1 fully saturated rings. The van der Waals surface area contributed by atoms with Crippen LogP contribution in [-0.4, -0.2) is 24.5 Å². The zero-order valence-electron chi connectivity index (χ0n) is 20.0. The quantitative estimate of drug-likeness (QED) is 0.277. The molecule has 1 heterocycles. The van der Waals surface area contributed by atoms with Crippen LogP contribution in [0.5, 0.6) is 5.75 Å². The average molecular weight is 568 g/mol.